The number of benzene rings is 1. The monoisotopic (exact) mass is 777 g/mol. The van der Waals surface area contributed by atoms with Crippen LogP contribution in [0.2, 0.25) is 0 Å². The summed E-state index contributed by atoms with van der Waals surface area (Å²) in [4.78, 5) is 14.1. The molecule has 1 aromatic rings. The Morgan fingerprint density at radius 2 is 1.33 bits per heavy atom. The number of Topliss-reactive ketones (excluding diaryl/α,β-unsaturated/α-hetero) is 1. The van der Waals surface area contributed by atoms with Crippen molar-refractivity contribution >= 4 is 5.78 Å². The highest BCUT2D eigenvalue weighted by molar-refractivity contribution is 6.00. The summed E-state index contributed by atoms with van der Waals surface area (Å²) in [6.45, 7) is 5.26. The van der Waals surface area contributed by atoms with Crippen LogP contribution < -0.4 is 0 Å². The van der Waals surface area contributed by atoms with Gasteiger partial charge in [-0.25, -0.2) is 4.90 Å². The molecule has 2 aliphatic heterocycles. The number of ether oxygens (including phenoxy) is 1. The number of hydrogen-bond acceptors (Lipinski definition) is 3. The lowest BCUT2D eigenvalue weighted by molar-refractivity contribution is -0.253. The number of nitrogens with zero attached hydrogens (tertiary/aromatic N) is 1. The molecule has 0 spiro atoms. The molecule has 29 unspecified atom stereocenters. The average Bonchev–Trinajstić information content (AvgIpc) is 3.70. The third-order valence-corrected chi connectivity index (χ3v) is 23.7. The Kier molecular flexibility index (Phi) is 4.96. The van der Waals surface area contributed by atoms with Gasteiger partial charge >= 0.3 is 6.30 Å². The molecule has 2 saturated heterocycles. The molecule has 18 rings (SSSR count). The van der Waals surface area contributed by atoms with E-state index in [0.29, 0.717) is 89.1 Å². The van der Waals surface area contributed by atoms with Crippen LogP contribution >= 0.6 is 0 Å². The van der Waals surface area contributed by atoms with Gasteiger partial charge in [-0.3, -0.25) is 4.79 Å². The van der Waals surface area contributed by atoms with Gasteiger partial charge in [-0.2, -0.15) is 13.2 Å². The first kappa shape index (κ1) is 31.2. The van der Waals surface area contributed by atoms with Crippen LogP contribution in [0.3, 0.4) is 0 Å². The molecule has 0 amide bonds. The maximum absolute atomic E-state index is 15.9. The smallest absolute Gasteiger partial charge is 0.364 e. The number of epoxide rings is 1. The molecule has 1 aromatic carbocycles. The second-order valence-corrected chi connectivity index (χ2v) is 23.6. The fourth-order valence-corrected chi connectivity index (χ4v) is 23.9. The minimum absolute atomic E-state index is 0.0246. The molecular formula is C52H50F3NO2. The molecule has 296 valence electrons. The second kappa shape index (κ2) is 9.23. The highest BCUT2D eigenvalue weighted by Gasteiger charge is 2.85. The summed E-state index contributed by atoms with van der Waals surface area (Å²) in [6, 6.07) is 6.69. The molecule has 29 atom stereocenters. The number of hydrogen-bond donors (Lipinski definition) is 0. The zero-order chi connectivity index (χ0) is 37.5. The SMILES string of the molecule is C=CC1C2CCC3C4C5CN(C(F)(F)F)C(c6ccc(C(=O)C7CO7)cc6)C5C5=C6C7C8C9=C%10C%11C(C=CC5C%117)C5C=CC7CC%11C1C1C2C3C(C64)C8C1C9C%11C7C%105. The number of ketones is 1. The number of fused-ring (bicyclic) bond motifs is 7. The minimum Gasteiger partial charge on any atom is -0.364 e. The van der Waals surface area contributed by atoms with E-state index in [9.17, 15) is 4.79 Å². The van der Waals surface area contributed by atoms with E-state index >= 15 is 13.2 Å². The van der Waals surface area contributed by atoms with Gasteiger partial charge in [-0.05, 0) is 173 Å². The topological polar surface area (TPSA) is 32.8 Å². The van der Waals surface area contributed by atoms with E-state index in [1.54, 1.807) is 5.57 Å². The number of halogens is 3. The van der Waals surface area contributed by atoms with Crippen molar-refractivity contribution in [3.63, 3.8) is 0 Å². The predicted octanol–water partition coefficient (Wildman–Crippen LogP) is 9.05. The molecule has 3 nitrogen and oxygen atoms in total. The lowest BCUT2D eigenvalue weighted by Gasteiger charge is -2.60. The zero-order valence-electron chi connectivity index (χ0n) is 32.6. The van der Waals surface area contributed by atoms with Crippen LogP contribution in [0, 0.1) is 160 Å². The van der Waals surface area contributed by atoms with Crippen LogP contribution in [0.1, 0.15) is 41.2 Å². The van der Waals surface area contributed by atoms with Gasteiger partial charge in [0, 0.05) is 30.0 Å². The highest BCUT2D eigenvalue weighted by atomic mass is 19.4. The molecule has 6 heteroatoms. The normalized spacial score (nSPS) is 63.7. The maximum Gasteiger partial charge on any atom is 0.460 e. The first-order valence-electron chi connectivity index (χ1n) is 23.9. The third kappa shape index (κ3) is 2.87. The van der Waals surface area contributed by atoms with Crippen molar-refractivity contribution in [3.8, 4) is 0 Å². The van der Waals surface area contributed by atoms with Crippen LogP contribution in [-0.4, -0.2) is 36.2 Å². The maximum atomic E-state index is 15.9. The van der Waals surface area contributed by atoms with Crippen LogP contribution in [0.5, 0.6) is 0 Å². The zero-order valence-corrected chi connectivity index (χ0v) is 32.6. The van der Waals surface area contributed by atoms with Crippen LogP contribution in [0.25, 0.3) is 0 Å². The first-order chi connectivity index (χ1) is 28.3. The van der Waals surface area contributed by atoms with E-state index in [0.717, 1.165) is 75.6 Å². The van der Waals surface area contributed by atoms with Gasteiger partial charge in [0.1, 0.15) is 6.10 Å². The summed E-state index contributed by atoms with van der Waals surface area (Å²) in [7, 11) is 0. The number of carbonyl (C=O) groups is 1. The summed E-state index contributed by atoms with van der Waals surface area (Å²) < 4.78 is 53.1. The Bertz CT molecular complexity index is 2390. The van der Waals surface area contributed by atoms with Gasteiger partial charge in [0.25, 0.3) is 0 Å². The van der Waals surface area contributed by atoms with Gasteiger partial charge in [0.15, 0.2) is 5.78 Å². The molecule has 58 heavy (non-hydrogen) atoms. The van der Waals surface area contributed by atoms with Crippen LogP contribution in [0.15, 0.2) is 83.5 Å². The van der Waals surface area contributed by atoms with Crippen molar-refractivity contribution < 1.29 is 22.7 Å². The highest BCUT2D eigenvalue weighted by Crippen LogP contribution is 2.90. The molecule has 0 bridgehead atoms. The van der Waals surface area contributed by atoms with Gasteiger partial charge < -0.3 is 4.74 Å². The van der Waals surface area contributed by atoms with Gasteiger partial charge in [0.05, 0.1) is 6.61 Å². The Hall–Kier alpha value is -2.70. The Morgan fingerprint density at radius 3 is 2.12 bits per heavy atom. The summed E-state index contributed by atoms with van der Waals surface area (Å²) >= 11 is 0. The summed E-state index contributed by atoms with van der Waals surface area (Å²) in [5.41, 5.74) is 8.65. The number of allylic oxidation sites excluding steroid dienone is 8. The van der Waals surface area contributed by atoms with Gasteiger partial charge in [-0.1, -0.05) is 76.9 Å². The number of carbonyl (C=O) groups excluding carboxylic acids is 1. The van der Waals surface area contributed by atoms with E-state index in [-0.39, 0.29) is 30.1 Å². The van der Waals surface area contributed by atoms with Crippen LogP contribution in [0.4, 0.5) is 13.2 Å². The first-order valence-corrected chi connectivity index (χ1v) is 23.9. The van der Waals surface area contributed by atoms with Gasteiger partial charge in [-0.15, -0.1) is 6.58 Å². The summed E-state index contributed by atoms with van der Waals surface area (Å²) in [6.07, 6.45) is 12.4. The van der Waals surface area contributed by atoms with Crippen molar-refractivity contribution in [1.82, 2.24) is 4.90 Å². The van der Waals surface area contributed by atoms with E-state index in [4.69, 9.17) is 4.74 Å². The van der Waals surface area contributed by atoms with Crippen molar-refractivity contribution in [2.45, 2.75) is 37.7 Å². The quantitative estimate of drug-likeness (QED) is 0.133. The van der Waals surface area contributed by atoms with E-state index in [1.807, 2.05) is 35.4 Å². The van der Waals surface area contributed by atoms with Crippen LogP contribution in [-0.2, 0) is 4.74 Å². The van der Waals surface area contributed by atoms with Crippen molar-refractivity contribution in [1.29, 1.82) is 0 Å². The molecule has 9 saturated carbocycles. The van der Waals surface area contributed by atoms with Gasteiger partial charge in [0.2, 0.25) is 0 Å². The fraction of sp³-hybridized carbons (Fsp3) is 0.673. The lowest BCUT2D eigenvalue weighted by atomic mass is 9.44. The second-order valence-electron chi connectivity index (χ2n) is 23.6. The number of rotatable bonds is 4. The van der Waals surface area contributed by atoms with Crippen molar-refractivity contribution in [2.75, 3.05) is 13.2 Å². The van der Waals surface area contributed by atoms with Crippen molar-refractivity contribution in [3.05, 3.63) is 94.6 Å². The van der Waals surface area contributed by atoms with E-state index < -0.39 is 18.4 Å². The van der Waals surface area contributed by atoms with E-state index in [1.165, 1.54) is 24.8 Å². The summed E-state index contributed by atoms with van der Waals surface area (Å²) in [5, 5.41) is 0. The van der Waals surface area contributed by atoms with Crippen molar-refractivity contribution in [2.24, 2.45) is 160 Å². The number of alkyl halides is 3. The molecule has 2 heterocycles. The van der Waals surface area contributed by atoms with E-state index in [2.05, 4.69) is 37.0 Å². The third-order valence-electron chi connectivity index (χ3n) is 23.7. The average molecular weight is 778 g/mol. The predicted molar refractivity (Wildman–Crippen MR) is 207 cm³/mol. The molecule has 11 fully saturated rings. The standard InChI is InChI=1S/C52H50F3NO2/c1-2-19-20-9-11-23-30-26-14-56(52(53,54)55)50(16-3-5-17(6-4-16)51(57)27-15-58-27)38(26)36-24-12-10-22-21-8-7-18-13-25-29(19)39-32(20)34(23)42-40(30)44(36)43-35(24)33(22)41-31(21)28(18)37(25)45-46(39)48(42)49(43)47(41)45/h2-8,10,12,18-35,37-40,42-43,45-46,48-50H,1,9,11,13-15H2. The molecule has 17 aliphatic rings. The minimum atomic E-state index is -4.43. The molecule has 15 aliphatic carbocycles. The Morgan fingerprint density at radius 1 is 0.655 bits per heavy atom. The number of likely N-dealkylation sites (tertiary alicyclic amines) is 1. The Labute approximate surface area is 337 Å². The molecular weight excluding hydrogens is 728 g/mol. The molecule has 0 aromatic heterocycles. The molecule has 0 radical (unpaired) electrons. The summed E-state index contributed by atoms with van der Waals surface area (Å²) in [5.74, 6) is 16.5. The largest absolute Gasteiger partial charge is 0.460 e. The fourth-order valence-electron chi connectivity index (χ4n) is 23.9. The Balaban J connectivity index is 0.920. The molecule has 0 N–H and O–H groups in total. The lowest BCUT2D eigenvalue weighted by Crippen LogP contribution is -2.56.